The lowest BCUT2D eigenvalue weighted by molar-refractivity contribution is 0.422. The Morgan fingerprint density at radius 3 is 2.55 bits per heavy atom. The summed E-state index contributed by atoms with van der Waals surface area (Å²) < 4.78 is 5.38. The zero-order chi connectivity index (χ0) is 19.6. The molecular formula is C22H28IN5O. The maximum absolute atomic E-state index is 5.38. The van der Waals surface area contributed by atoms with E-state index >= 15 is 0 Å². The quantitative estimate of drug-likeness (QED) is 0.273. The van der Waals surface area contributed by atoms with Gasteiger partial charge in [-0.3, -0.25) is 4.99 Å². The van der Waals surface area contributed by atoms with Crippen molar-refractivity contribution in [2.45, 2.75) is 32.7 Å². The van der Waals surface area contributed by atoms with Crippen molar-refractivity contribution in [2.75, 3.05) is 13.6 Å². The molecule has 1 heterocycles. The molecule has 1 aromatic heterocycles. The number of aliphatic imine (C=N–C) groups is 1. The summed E-state index contributed by atoms with van der Waals surface area (Å²) in [7, 11) is 1.78. The van der Waals surface area contributed by atoms with Crippen molar-refractivity contribution in [3.8, 4) is 11.5 Å². The van der Waals surface area contributed by atoms with Crippen LogP contribution in [-0.2, 0) is 19.4 Å². The summed E-state index contributed by atoms with van der Waals surface area (Å²) in [6.07, 6.45) is 2.78. The normalized spacial score (nSPS) is 11.0. The van der Waals surface area contributed by atoms with Crippen molar-refractivity contribution < 1.29 is 4.52 Å². The van der Waals surface area contributed by atoms with Crippen LogP contribution in [0.15, 0.2) is 64.1 Å². The molecule has 0 spiro atoms. The van der Waals surface area contributed by atoms with Gasteiger partial charge >= 0.3 is 0 Å². The lowest BCUT2D eigenvalue weighted by Gasteiger charge is -2.12. The summed E-state index contributed by atoms with van der Waals surface area (Å²) in [6.45, 7) is 3.59. The van der Waals surface area contributed by atoms with Crippen molar-refractivity contribution in [2.24, 2.45) is 4.99 Å². The maximum atomic E-state index is 5.38. The summed E-state index contributed by atoms with van der Waals surface area (Å²) in [5, 5.41) is 10.7. The smallest absolute Gasteiger partial charge is 0.257 e. The maximum Gasteiger partial charge on any atom is 0.257 e. The number of halogens is 1. The first-order chi connectivity index (χ1) is 13.8. The second-order valence-corrected chi connectivity index (χ2v) is 6.55. The van der Waals surface area contributed by atoms with Crippen LogP contribution in [-0.4, -0.2) is 29.7 Å². The van der Waals surface area contributed by atoms with Gasteiger partial charge in [-0.1, -0.05) is 54.5 Å². The molecule has 2 aromatic carbocycles. The molecule has 6 nitrogen and oxygen atoms in total. The fourth-order valence-electron chi connectivity index (χ4n) is 2.89. The third-order valence-corrected chi connectivity index (χ3v) is 4.35. The second kappa shape index (κ2) is 12.2. The lowest BCUT2D eigenvalue weighted by Crippen LogP contribution is -2.37. The van der Waals surface area contributed by atoms with E-state index in [9.17, 15) is 0 Å². The predicted molar refractivity (Wildman–Crippen MR) is 127 cm³/mol. The van der Waals surface area contributed by atoms with Crippen molar-refractivity contribution >= 4 is 29.9 Å². The molecule has 0 atom stereocenters. The van der Waals surface area contributed by atoms with Gasteiger partial charge in [0.25, 0.3) is 5.89 Å². The van der Waals surface area contributed by atoms with Crippen molar-refractivity contribution in [1.82, 2.24) is 20.8 Å². The summed E-state index contributed by atoms with van der Waals surface area (Å²) >= 11 is 0. The molecule has 0 aliphatic heterocycles. The van der Waals surface area contributed by atoms with E-state index in [4.69, 9.17) is 4.52 Å². The minimum atomic E-state index is 0. The number of hydrogen-bond acceptors (Lipinski definition) is 4. The Kier molecular flexibility index (Phi) is 9.63. The highest BCUT2D eigenvalue weighted by Crippen LogP contribution is 2.19. The van der Waals surface area contributed by atoms with Crippen LogP contribution in [0.2, 0.25) is 0 Å². The van der Waals surface area contributed by atoms with E-state index in [1.54, 1.807) is 7.05 Å². The molecule has 0 bridgehead atoms. The van der Waals surface area contributed by atoms with Crippen LogP contribution in [0.4, 0.5) is 0 Å². The monoisotopic (exact) mass is 505 g/mol. The van der Waals surface area contributed by atoms with E-state index in [0.29, 0.717) is 12.4 Å². The van der Waals surface area contributed by atoms with Crippen LogP contribution < -0.4 is 10.6 Å². The fraction of sp³-hybridized carbons (Fsp3) is 0.318. The Morgan fingerprint density at radius 2 is 1.79 bits per heavy atom. The summed E-state index contributed by atoms with van der Waals surface area (Å²) in [5.74, 6) is 2.10. The van der Waals surface area contributed by atoms with Gasteiger partial charge in [-0.2, -0.15) is 4.98 Å². The fourth-order valence-corrected chi connectivity index (χ4v) is 2.89. The highest BCUT2D eigenvalue weighted by molar-refractivity contribution is 14.0. The topological polar surface area (TPSA) is 75.3 Å². The number of hydrogen-bond donors (Lipinski definition) is 2. The van der Waals surface area contributed by atoms with Crippen LogP contribution in [0.3, 0.4) is 0 Å². The lowest BCUT2D eigenvalue weighted by atomic mass is 10.1. The molecule has 2 N–H and O–H groups in total. The third-order valence-electron chi connectivity index (χ3n) is 4.35. The molecule has 0 amide bonds. The minimum absolute atomic E-state index is 0. The Hall–Kier alpha value is -2.42. The first-order valence-corrected chi connectivity index (χ1v) is 9.69. The van der Waals surface area contributed by atoms with Crippen LogP contribution >= 0.6 is 24.0 Å². The molecule has 7 heteroatoms. The van der Waals surface area contributed by atoms with Crippen LogP contribution in [0.1, 0.15) is 30.3 Å². The number of rotatable bonds is 8. The number of nitrogens with one attached hydrogen (secondary N) is 2. The largest absolute Gasteiger partial charge is 0.356 e. The average Bonchev–Trinajstić information content (AvgIpc) is 3.20. The Morgan fingerprint density at radius 1 is 1.00 bits per heavy atom. The standard InChI is InChI=1S/C22H27N5O.HI/c1-3-8-20-26-21(28-27-20)19-12-7-11-18(15-19)16-25-22(23-2)24-14-13-17-9-5-4-6-10-17;/h4-7,9-12,15H,3,8,13-14,16H2,1-2H3,(H2,23,24,25);1H. The van der Waals surface area contributed by atoms with Gasteiger partial charge in [-0.15, -0.1) is 24.0 Å². The number of aryl methyl sites for hydroxylation is 1. The van der Waals surface area contributed by atoms with E-state index in [0.717, 1.165) is 48.7 Å². The Labute approximate surface area is 189 Å². The highest BCUT2D eigenvalue weighted by Gasteiger charge is 2.09. The Bertz CT molecular complexity index is 895. The Balaban J connectivity index is 0.00000300. The number of guanidine groups is 1. The molecule has 0 fully saturated rings. The first-order valence-electron chi connectivity index (χ1n) is 9.69. The SMILES string of the molecule is CCCc1noc(-c2cccc(CNC(=NC)NCCc3ccccc3)c2)n1.I. The van der Waals surface area contributed by atoms with Crippen LogP contribution in [0.5, 0.6) is 0 Å². The molecule has 0 aliphatic rings. The van der Waals surface area contributed by atoms with E-state index in [1.807, 2.05) is 18.2 Å². The average molecular weight is 505 g/mol. The van der Waals surface area contributed by atoms with Crippen molar-refractivity contribution in [3.05, 3.63) is 71.5 Å². The van der Waals surface area contributed by atoms with Crippen LogP contribution in [0, 0.1) is 0 Å². The molecule has 29 heavy (non-hydrogen) atoms. The van der Waals surface area contributed by atoms with Crippen molar-refractivity contribution in [1.29, 1.82) is 0 Å². The predicted octanol–water partition coefficient (Wildman–Crippen LogP) is 4.21. The molecule has 0 radical (unpaired) electrons. The van der Waals surface area contributed by atoms with Gasteiger partial charge in [0.2, 0.25) is 0 Å². The summed E-state index contributed by atoms with van der Waals surface area (Å²) in [5.41, 5.74) is 3.36. The van der Waals surface area contributed by atoms with Gasteiger partial charge in [0.05, 0.1) is 0 Å². The van der Waals surface area contributed by atoms with E-state index in [-0.39, 0.29) is 24.0 Å². The van der Waals surface area contributed by atoms with Gasteiger partial charge in [-0.25, -0.2) is 0 Å². The van der Waals surface area contributed by atoms with Crippen molar-refractivity contribution in [3.63, 3.8) is 0 Å². The van der Waals surface area contributed by atoms with Gasteiger partial charge in [0, 0.05) is 32.1 Å². The summed E-state index contributed by atoms with van der Waals surface area (Å²) in [6, 6.07) is 18.5. The minimum Gasteiger partial charge on any atom is -0.356 e. The number of nitrogens with zero attached hydrogens (tertiary/aromatic N) is 3. The molecule has 3 aromatic rings. The zero-order valence-electron chi connectivity index (χ0n) is 16.9. The molecular weight excluding hydrogens is 477 g/mol. The third kappa shape index (κ3) is 7.16. The van der Waals surface area contributed by atoms with Gasteiger partial charge < -0.3 is 15.2 Å². The second-order valence-electron chi connectivity index (χ2n) is 6.55. The highest BCUT2D eigenvalue weighted by atomic mass is 127. The number of aromatic nitrogens is 2. The van der Waals surface area contributed by atoms with Gasteiger partial charge in [0.15, 0.2) is 11.8 Å². The molecule has 0 aliphatic carbocycles. The molecule has 0 saturated carbocycles. The molecule has 154 valence electrons. The van der Waals surface area contributed by atoms with E-state index in [1.165, 1.54) is 5.56 Å². The van der Waals surface area contributed by atoms with E-state index < -0.39 is 0 Å². The summed E-state index contributed by atoms with van der Waals surface area (Å²) in [4.78, 5) is 8.75. The number of benzene rings is 2. The van der Waals surface area contributed by atoms with Gasteiger partial charge in [0.1, 0.15) is 0 Å². The van der Waals surface area contributed by atoms with E-state index in [2.05, 4.69) is 69.1 Å². The zero-order valence-corrected chi connectivity index (χ0v) is 19.2. The van der Waals surface area contributed by atoms with Crippen LogP contribution in [0.25, 0.3) is 11.5 Å². The molecule has 0 saturated heterocycles. The molecule has 3 rings (SSSR count). The van der Waals surface area contributed by atoms with Gasteiger partial charge in [-0.05, 0) is 36.1 Å². The first kappa shape index (κ1) is 22.9. The molecule has 0 unspecified atom stereocenters.